The largest absolute Gasteiger partial charge is 0.325 e. The van der Waals surface area contributed by atoms with Crippen molar-refractivity contribution in [2.75, 3.05) is 0 Å². The Morgan fingerprint density at radius 3 is 2.64 bits per heavy atom. The highest BCUT2D eigenvalue weighted by Crippen LogP contribution is 2.42. The zero-order valence-corrected chi connectivity index (χ0v) is 17.2. The first-order valence-corrected chi connectivity index (χ1v) is 11.2. The number of hydrogen-bond acceptors (Lipinski definition) is 1. The van der Waals surface area contributed by atoms with E-state index in [1.54, 1.807) is 23.3 Å². The average molecular weight is 380 g/mol. The van der Waals surface area contributed by atoms with E-state index in [0.29, 0.717) is 5.92 Å². The molecule has 2 aromatic rings. The van der Waals surface area contributed by atoms with Crippen LogP contribution >= 0.6 is 0 Å². The number of nitrogens with two attached hydrogens (primary N) is 1. The van der Waals surface area contributed by atoms with Gasteiger partial charge in [-0.3, -0.25) is 0 Å². The zero-order chi connectivity index (χ0) is 19.6. The Labute approximate surface area is 169 Å². The van der Waals surface area contributed by atoms with Crippen molar-refractivity contribution in [2.24, 2.45) is 11.7 Å². The van der Waals surface area contributed by atoms with Crippen LogP contribution in [0.3, 0.4) is 0 Å². The second-order valence-electron chi connectivity index (χ2n) is 9.31. The molecule has 1 nitrogen and oxygen atoms in total. The SMILES string of the molecule is CC[C@@]1(N)CC[C@H](c2ccc3c(c2)CCC(CCCc2ccc(F)cc2)C3)C1. The van der Waals surface area contributed by atoms with Gasteiger partial charge in [-0.1, -0.05) is 37.3 Å². The molecule has 0 aliphatic heterocycles. The van der Waals surface area contributed by atoms with Crippen molar-refractivity contribution in [2.45, 2.75) is 82.6 Å². The fourth-order valence-electron chi connectivity index (χ4n) is 5.36. The summed E-state index contributed by atoms with van der Waals surface area (Å²) in [4.78, 5) is 0. The van der Waals surface area contributed by atoms with E-state index in [0.717, 1.165) is 25.2 Å². The van der Waals surface area contributed by atoms with Crippen molar-refractivity contribution in [1.82, 2.24) is 0 Å². The van der Waals surface area contributed by atoms with E-state index in [9.17, 15) is 4.39 Å². The van der Waals surface area contributed by atoms with Crippen molar-refractivity contribution in [3.8, 4) is 0 Å². The van der Waals surface area contributed by atoms with Gasteiger partial charge in [0.1, 0.15) is 5.82 Å². The molecule has 0 aromatic heterocycles. The van der Waals surface area contributed by atoms with Crippen LogP contribution in [0.5, 0.6) is 0 Å². The summed E-state index contributed by atoms with van der Waals surface area (Å²) < 4.78 is 13.0. The molecule has 2 aliphatic rings. The minimum Gasteiger partial charge on any atom is -0.325 e. The van der Waals surface area contributed by atoms with Gasteiger partial charge in [0, 0.05) is 5.54 Å². The van der Waals surface area contributed by atoms with Crippen molar-refractivity contribution < 1.29 is 4.39 Å². The topological polar surface area (TPSA) is 26.0 Å². The van der Waals surface area contributed by atoms with Gasteiger partial charge in [0.15, 0.2) is 0 Å². The Balaban J connectivity index is 1.31. The highest BCUT2D eigenvalue weighted by atomic mass is 19.1. The van der Waals surface area contributed by atoms with Gasteiger partial charge < -0.3 is 5.73 Å². The summed E-state index contributed by atoms with van der Waals surface area (Å²) >= 11 is 0. The van der Waals surface area contributed by atoms with Crippen molar-refractivity contribution in [3.63, 3.8) is 0 Å². The third kappa shape index (κ3) is 4.49. The molecule has 2 heteroatoms. The number of rotatable bonds is 6. The van der Waals surface area contributed by atoms with Crippen LogP contribution in [0.4, 0.5) is 4.39 Å². The first-order valence-electron chi connectivity index (χ1n) is 11.2. The van der Waals surface area contributed by atoms with Crippen LogP contribution in [0.2, 0.25) is 0 Å². The Morgan fingerprint density at radius 1 is 1.07 bits per heavy atom. The summed E-state index contributed by atoms with van der Waals surface area (Å²) in [6.45, 7) is 2.23. The highest BCUT2D eigenvalue weighted by molar-refractivity contribution is 5.36. The van der Waals surface area contributed by atoms with Crippen LogP contribution < -0.4 is 5.73 Å². The quantitative estimate of drug-likeness (QED) is 0.623. The van der Waals surface area contributed by atoms with Crippen molar-refractivity contribution in [3.05, 3.63) is 70.5 Å². The van der Waals surface area contributed by atoms with Crippen LogP contribution in [0.1, 0.15) is 80.0 Å². The minimum absolute atomic E-state index is 0.0657. The van der Waals surface area contributed by atoms with Crippen molar-refractivity contribution in [1.29, 1.82) is 0 Å². The number of fused-ring (bicyclic) bond motifs is 1. The Bertz CT molecular complexity index is 797. The number of halogens is 1. The molecule has 0 heterocycles. The number of benzene rings is 2. The molecule has 4 rings (SSSR count). The number of aryl methyl sites for hydroxylation is 2. The Hall–Kier alpha value is -1.67. The molecule has 1 fully saturated rings. The molecule has 0 spiro atoms. The maximum absolute atomic E-state index is 13.0. The zero-order valence-electron chi connectivity index (χ0n) is 17.2. The first-order chi connectivity index (χ1) is 13.5. The molecule has 0 bridgehead atoms. The van der Waals surface area contributed by atoms with Crippen LogP contribution in [0.15, 0.2) is 42.5 Å². The van der Waals surface area contributed by atoms with Crippen LogP contribution in [0, 0.1) is 11.7 Å². The van der Waals surface area contributed by atoms with Gasteiger partial charge in [0.25, 0.3) is 0 Å². The predicted octanol–water partition coefficient (Wildman–Crippen LogP) is 6.33. The maximum atomic E-state index is 13.0. The molecular weight excluding hydrogens is 345 g/mol. The average Bonchev–Trinajstić information content (AvgIpc) is 3.12. The van der Waals surface area contributed by atoms with Crippen molar-refractivity contribution >= 4 is 0 Å². The fraction of sp³-hybridized carbons (Fsp3) is 0.538. The maximum Gasteiger partial charge on any atom is 0.123 e. The van der Waals surface area contributed by atoms with E-state index in [1.807, 2.05) is 12.1 Å². The summed E-state index contributed by atoms with van der Waals surface area (Å²) in [5.41, 5.74) is 12.5. The van der Waals surface area contributed by atoms with E-state index in [1.165, 1.54) is 56.1 Å². The lowest BCUT2D eigenvalue weighted by molar-refractivity contribution is 0.413. The third-order valence-corrected chi connectivity index (χ3v) is 7.37. The summed E-state index contributed by atoms with van der Waals surface area (Å²) in [6, 6.07) is 14.3. The Morgan fingerprint density at radius 2 is 1.89 bits per heavy atom. The molecule has 0 amide bonds. The van der Waals surface area contributed by atoms with Gasteiger partial charge in [-0.05, 0) is 110 Å². The lowest BCUT2D eigenvalue weighted by Gasteiger charge is -2.26. The smallest absolute Gasteiger partial charge is 0.123 e. The van der Waals surface area contributed by atoms with E-state index < -0.39 is 0 Å². The molecule has 2 aliphatic carbocycles. The first kappa shape index (κ1) is 19.6. The summed E-state index contributed by atoms with van der Waals surface area (Å²) in [7, 11) is 0. The van der Waals surface area contributed by atoms with Crippen LogP contribution in [-0.2, 0) is 19.3 Å². The lowest BCUT2D eigenvalue weighted by atomic mass is 9.79. The molecule has 0 saturated heterocycles. The van der Waals surface area contributed by atoms with Gasteiger partial charge in [-0.2, -0.15) is 0 Å². The molecule has 1 saturated carbocycles. The van der Waals surface area contributed by atoms with Gasteiger partial charge in [-0.25, -0.2) is 4.39 Å². The predicted molar refractivity (Wildman–Crippen MR) is 115 cm³/mol. The summed E-state index contributed by atoms with van der Waals surface area (Å²) in [5, 5.41) is 0. The second-order valence-corrected chi connectivity index (χ2v) is 9.31. The second kappa shape index (κ2) is 8.37. The molecule has 3 atom stereocenters. The van der Waals surface area contributed by atoms with Crippen LogP contribution in [0.25, 0.3) is 0 Å². The third-order valence-electron chi connectivity index (χ3n) is 7.37. The molecule has 150 valence electrons. The summed E-state index contributed by atoms with van der Waals surface area (Å²) in [5.74, 6) is 1.31. The fourth-order valence-corrected chi connectivity index (χ4v) is 5.36. The molecular formula is C26H34FN. The Kier molecular flexibility index (Phi) is 5.87. The molecule has 0 radical (unpaired) electrons. The monoisotopic (exact) mass is 379 g/mol. The van der Waals surface area contributed by atoms with E-state index >= 15 is 0 Å². The highest BCUT2D eigenvalue weighted by Gasteiger charge is 2.35. The number of hydrogen-bond donors (Lipinski definition) is 1. The van der Waals surface area contributed by atoms with E-state index in [4.69, 9.17) is 5.73 Å². The van der Waals surface area contributed by atoms with E-state index in [-0.39, 0.29) is 11.4 Å². The molecule has 28 heavy (non-hydrogen) atoms. The summed E-state index contributed by atoms with van der Waals surface area (Å²) in [6.07, 6.45) is 11.9. The lowest BCUT2D eigenvalue weighted by Crippen LogP contribution is -2.35. The molecule has 1 unspecified atom stereocenters. The standard InChI is InChI=1S/C26H34FN/c1-2-26(28)15-14-24(18-26)23-11-10-21-16-20(6-9-22(21)17-23)5-3-4-19-7-12-25(27)13-8-19/h7-8,10-13,17,20,24H,2-6,9,14-16,18,28H2,1H3/t20?,24-,26+/m0/s1. The minimum atomic E-state index is -0.142. The normalized spacial score (nSPS) is 27.0. The van der Waals surface area contributed by atoms with Gasteiger partial charge in [-0.15, -0.1) is 0 Å². The van der Waals surface area contributed by atoms with Gasteiger partial charge in [0.2, 0.25) is 0 Å². The van der Waals surface area contributed by atoms with Crippen LogP contribution in [-0.4, -0.2) is 5.54 Å². The van der Waals surface area contributed by atoms with E-state index in [2.05, 4.69) is 25.1 Å². The van der Waals surface area contributed by atoms with Gasteiger partial charge >= 0.3 is 0 Å². The van der Waals surface area contributed by atoms with Gasteiger partial charge in [0.05, 0.1) is 0 Å². The molecule has 2 N–H and O–H groups in total. The molecule has 2 aromatic carbocycles.